The highest BCUT2D eigenvalue weighted by atomic mass is 16.3. The van der Waals surface area contributed by atoms with Crippen LogP contribution in [0.4, 0.5) is 0 Å². The summed E-state index contributed by atoms with van der Waals surface area (Å²) in [6, 6.07) is 0.814. The van der Waals surface area contributed by atoms with Gasteiger partial charge in [-0.3, -0.25) is 9.69 Å². The van der Waals surface area contributed by atoms with Gasteiger partial charge in [-0.05, 0) is 26.7 Å². The molecule has 1 atom stereocenters. The van der Waals surface area contributed by atoms with Crippen molar-refractivity contribution in [1.29, 1.82) is 0 Å². The van der Waals surface area contributed by atoms with Crippen LogP contribution in [0.2, 0.25) is 0 Å². The number of amides is 1. The van der Waals surface area contributed by atoms with Crippen LogP contribution in [0.15, 0.2) is 0 Å². The topological polar surface area (TPSA) is 43.8 Å². The fraction of sp³-hybridized carbons (Fsp3) is 0.909. The maximum atomic E-state index is 11.9. The molecule has 0 aromatic rings. The van der Waals surface area contributed by atoms with E-state index in [1.165, 1.54) is 0 Å². The lowest BCUT2D eigenvalue weighted by Gasteiger charge is -2.42. The third kappa shape index (κ3) is 2.16. The molecule has 1 aliphatic carbocycles. The number of piperazine rings is 1. The minimum atomic E-state index is 0.0150. The summed E-state index contributed by atoms with van der Waals surface area (Å²) in [5.41, 5.74) is 0. The second-order valence-electron chi connectivity index (χ2n) is 4.89. The SMILES string of the molecule is CC(C)N1CC(=O)N(C2CC2)[C@H](CO)C1. The third-order valence-corrected chi connectivity index (χ3v) is 3.35. The molecule has 1 saturated heterocycles. The third-order valence-electron chi connectivity index (χ3n) is 3.35. The van der Waals surface area contributed by atoms with Crippen LogP contribution in [0.5, 0.6) is 0 Å². The first kappa shape index (κ1) is 10.9. The predicted octanol–water partition coefficient (Wildman–Crippen LogP) is 0.0623. The molecule has 1 saturated carbocycles. The van der Waals surface area contributed by atoms with Crippen molar-refractivity contribution in [2.24, 2.45) is 0 Å². The summed E-state index contributed by atoms with van der Waals surface area (Å²) in [5, 5.41) is 9.33. The highest BCUT2D eigenvalue weighted by molar-refractivity contribution is 5.80. The number of aliphatic hydroxyl groups excluding tert-OH is 1. The predicted molar refractivity (Wildman–Crippen MR) is 57.5 cm³/mol. The molecule has 1 N–H and O–H groups in total. The van der Waals surface area contributed by atoms with E-state index in [9.17, 15) is 9.90 Å². The van der Waals surface area contributed by atoms with Crippen molar-refractivity contribution >= 4 is 5.91 Å². The van der Waals surface area contributed by atoms with Gasteiger partial charge in [-0.25, -0.2) is 0 Å². The Morgan fingerprint density at radius 1 is 1.47 bits per heavy atom. The Hall–Kier alpha value is -0.610. The molecule has 15 heavy (non-hydrogen) atoms. The van der Waals surface area contributed by atoms with E-state index in [2.05, 4.69) is 18.7 Å². The molecule has 0 spiro atoms. The number of carbonyl (C=O) groups is 1. The van der Waals surface area contributed by atoms with Crippen LogP contribution >= 0.6 is 0 Å². The molecule has 0 unspecified atom stereocenters. The standard InChI is InChI=1S/C11H20N2O2/c1-8(2)12-5-10(7-14)13(9-3-4-9)11(15)6-12/h8-10,14H,3-7H2,1-2H3/t10-/m0/s1. The van der Waals surface area contributed by atoms with Gasteiger partial charge >= 0.3 is 0 Å². The summed E-state index contributed by atoms with van der Waals surface area (Å²) in [5.74, 6) is 0.191. The number of hydrogen-bond acceptors (Lipinski definition) is 3. The Labute approximate surface area is 90.9 Å². The van der Waals surface area contributed by atoms with Gasteiger partial charge in [0.2, 0.25) is 5.91 Å². The summed E-state index contributed by atoms with van der Waals surface area (Å²) < 4.78 is 0. The second-order valence-corrected chi connectivity index (χ2v) is 4.89. The zero-order chi connectivity index (χ0) is 11.0. The average molecular weight is 212 g/mol. The Kier molecular flexibility index (Phi) is 2.98. The van der Waals surface area contributed by atoms with Crippen molar-refractivity contribution < 1.29 is 9.90 Å². The molecule has 0 bridgehead atoms. The van der Waals surface area contributed by atoms with Gasteiger partial charge in [0.15, 0.2) is 0 Å². The van der Waals surface area contributed by atoms with Gasteiger partial charge in [0, 0.05) is 18.6 Å². The Morgan fingerprint density at radius 2 is 2.13 bits per heavy atom. The molecule has 2 aliphatic rings. The minimum absolute atomic E-state index is 0.0150. The number of aliphatic hydroxyl groups is 1. The van der Waals surface area contributed by atoms with Crippen molar-refractivity contribution in [3.63, 3.8) is 0 Å². The Balaban J connectivity index is 2.05. The molecule has 2 rings (SSSR count). The van der Waals surface area contributed by atoms with Gasteiger partial charge in [-0.15, -0.1) is 0 Å². The van der Waals surface area contributed by atoms with E-state index in [1.54, 1.807) is 0 Å². The Morgan fingerprint density at radius 3 is 2.60 bits per heavy atom. The molecule has 0 aromatic heterocycles. The van der Waals surface area contributed by atoms with Gasteiger partial charge in [0.25, 0.3) is 0 Å². The maximum absolute atomic E-state index is 11.9. The summed E-state index contributed by atoms with van der Waals surface area (Å²) in [7, 11) is 0. The van der Waals surface area contributed by atoms with Gasteiger partial charge in [0.1, 0.15) is 0 Å². The normalized spacial score (nSPS) is 28.9. The van der Waals surface area contributed by atoms with Crippen molar-refractivity contribution in [2.45, 2.75) is 44.8 Å². The largest absolute Gasteiger partial charge is 0.394 e. The van der Waals surface area contributed by atoms with E-state index < -0.39 is 0 Å². The number of hydrogen-bond donors (Lipinski definition) is 1. The molecule has 2 fully saturated rings. The molecule has 4 heteroatoms. The zero-order valence-corrected chi connectivity index (χ0v) is 9.52. The van der Waals surface area contributed by atoms with E-state index >= 15 is 0 Å². The highest BCUT2D eigenvalue weighted by Gasteiger charge is 2.41. The first-order valence-electron chi connectivity index (χ1n) is 5.79. The van der Waals surface area contributed by atoms with Gasteiger partial charge in [-0.2, -0.15) is 0 Å². The molecular formula is C11H20N2O2. The lowest BCUT2D eigenvalue weighted by atomic mass is 10.1. The van der Waals surface area contributed by atoms with Crippen LogP contribution in [0, 0.1) is 0 Å². The van der Waals surface area contributed by atoms with Crippen LogP contribution in [0.25, 0.3) is 0 Å². The Bertz CT molecular complexity index is 251. The van der Waals surface area contributed by atoms with Crippen molar-refractivity contribution in [2.75, 3.05) is 19.7 Å². The first-order chi connectivity index (χ1) is 7.13. The number of rotatable bonds is 3. The zero-order valence-electron chi connectivity index (χ0n) is 9.52. The molecule has 1 aliphatic heterocycles. The van der Waals surface area contributed by atoms with E-state index in [4.69, 9.17) is 0 Å². The van der Waals surface area contributed by atoms with E-state index in [0.717, 1.165) is 19.4 Å². The second kappa shape index (κ2) is 4.10. The quantitative estimate of drug-likeness (QED) is 0.719. The first-order valence-corrected chi connectivity index (χ1v) is 5.79. The monoisotopic (exact) mass is 212 g/mol. The number of carbonyl (C=O) groups excluding carboxylic acids is 1. The molecular weight excluding hydrogens is 192 g/mol. The van der Waals surface area contributed by atoms with Crippen LogP contribution < -0.4 is 0 Å². The van der Waals surface area contributed by atoms with Crippen LogP contribution in [0.1, 0.15) is 26.7 Å². The van der Waals surface area contributed by atoms with Crippen molar-refractivity contribution in [3.05, 3.63) is 0 Å². The van der Waals surface area contributed by atoms with Crippen LogP contribution in [-0.2, 0) is 4.79 Å². The summed E-state index contributed by atoms with van der Waals surface area (Å²) in [6.07, 6.45) is 2.23. The summed E-state index contributed by atoms with van der Waals surface area (Å²) in [6.45, 7) is 5.61. The lowest BCUT2D eigenvalue weighted by molar-refractivity contribution is -0.143. The average Bonchev–Trinajstić information content (AvgIpc) is 2.99. The number of nitrogens with zero attached hydrogens (tertiary/aromatic N) is 2. The summed E-state index contributed by atoms with van der Waals surface area (Å²) >= 11 is 0. The van der Waals surface area contributed by atoms with Crippen molar-refractivity contribution in [3.8, 4) is 0 Å². The van der Waals surface area contributed by atoms with Gasteiger partial charge in [-0.1, -0.05) is 0 Å². The molecule has 1 amide bonds. The van der Waals surface area contributed by atoms with E-state index in [1.807, 2.05) is 4.90 Å². The molecule has 0 aromatic carbocycles. The molecule has 1 heterocycles. The maximum Gasteiger partial charge on any atom is 0.237 e. The molecule has 4 nitrogen and oxygen atoms in total. The fourth-order valence-electron chi connectivity index (χ4n) is 2.28. The highest BCUT2D eigenvalue weighted by Crippen LogP contribution is 2.31. The van der Waals surface area contributed by atoms with E-state index in [-0.39, 0.29) is 18.6 Å². The molecule has 86 valence electrons. The summed E-state index contributed by atoms with van der Waals surface area (Å²) in [4.78, 5) is 16.0. The molecule has 0 radical (unpaired) electrons. The van der Waals surface area contributed by atoms with Gasteiger partial charge < -0.3 is 10.0 Å². The van der Waals surface area contributed by atoms with Crippen LogP contribution in [-0.4, -0.2) is 58.6 Å². The minimum Gasteiger partial charge on any atom is -0.394 e. The van der Waals surface area contributed by atoms with Crippen LogP contribution in [0.3, 0.4) is 0 Å². The lowest BCUT2D eigenvalue weighted by Crippen LogP contribution is -2.59. The van der Waals surface area contributed by atoms with E-state index in [0.29, 0.717) is 18.6 Å². The fourth-order valence-corrected chi connectivity index (χ4v) is 2.28. The smallest absolute Gasteiger partial charge is 0.237 e. The van der Waals surface area contributed by atoms with Crippen molar-refractivity contribution in [1.82, 2.24) is 9.80 Å². The van der Waals surface area contributed by atoms with Gasteiger partial charge in [0.05, 0.1) is 19.2 Å².